The first-order valence-electron chi connectivity index (χ1n) is 6.83. The molecule has 0 aromatic rings. The summed E-state index contributed by atoms with van der Waals surface area (Å²) in [7, 11) is 0. The number of aliphatic hydroxyl groups is 2. The van der Waals surface area contributed by atoms with Gasteiger partial charge in [0, 0.05) is 6.42 Å². The number of aliphatic hydroxyl groups excluding tert-OH is 2. The van der Waals surface area contributed by atoms with E-state index >= 15 is 0 Å². The number of fused-ring (bicyclic) bond motifs is 1. The standard InChI is InChI=1S/C14H26O3/c1-5-10(15)6-7-14-12(2,3)8-11(16)9-13(14,4)17-14/h10-11,15-16H,5-9H2,1-4H3. The second-order valence-corrected chi connectivity index (χ2v) is 6.71. The molecule has 4 atom stereocenters. The summed E-state index contributed by atoms with van der Waals surface area (Å²) in [6.07, 6.45) is 3.56. The molecule has 0 amide bonds. The third-order valence-electron chi connectivity index (χ3n) is 4.98. The van der Waals surface area contributed by atoms with Crippen molar-refractivity contribution in [1.29, 1.82) is 0 Å². The molecule has 1 aliphatic carbocycles. The maximum atomic E-state index is 9.92. The van der Waals surface area contributed by atoms with Crippen LogP contribution in [0.15, 0.2) is 0 Å². The molecule has 2 fully saturated rings. The zero-order chi connectivity index (χ0) is 12.9. The molecular formula is C14H26O3. The van der Waals surface area contributed by atoms with Crippen molar-refractivity contribution >= 4 is 0 Å². The molecule has 17 heavy (non-hydrogen) atoms. The lowest BCUT2D eigenvalue weighted by Gasteiger charge is -2.40. The molecule has 0 bridgehead atoms. The third kappa shape index (κ3) is 1.92. The summed E-state index contributed by atoms with van der Waals surface area (Å²) in [5.41, 5.74) is -0.316. The van der Waals surface area contributed by atoms with Crippen molar-refractivity contribution in [1.82, 2.24) is 0 Å². The Balaban J connectivity index is 2.09. The lowest BCUT2D eigenvalue weighted by Crippen LogP contribution is -2.47. The first-order chi connectivity index (χ1) is 7.76. The van der Waals surface area contributed by atoms with E-state index in [2.05, 4.69) is 20.8 Å². The lowest BCUT2D eigenvalue weighted by molar-refractivity contribution is 0.0244. The number of hydrogen-bond acceptors (Lipinski definition) is 3. The van der Waals surface area contributed by atoms with Crippen LogP contribution in [0.4, 0.5) is 0 Å². The molecule has 0 aromatic heterocycles. The Morgan fingerprint density at radius 2 is 1.94 bits per heavy atom. The molecule has 0 spiro atoms. The predicted molar refractivity (Wildman–Crippen MR) is 66.8 cm³/mol. The highest BCUT2D eigenvalue weighted by molar-refractivity contribution is 5.23. The maximum absolute atomic E-state index is 9.92. The fourth-order valence-electron chi connectivity index (χ4n) is 3.92. The summed E-state index contributed by atoms with van der Waals surface area (Å²) in [4.78, 5) is 0. The minimum absolute atomic E-state index is 0.00707. The molecule has 0 aromatic carbocycles. The van der Waals surface area contributed by atoms with Gasteiger partial charge in [0.15, 0.2) is 0 Å². The summed E-state index contributed by atoms with van der Waals surface area (Å²) in [5, 5.41) is 19.6. The van der Waals surface area contributed by atoms with E-state index in [1.807, 2.05) is 6.92 Å². The number of ether oxygens (including phenoxy) is 1. The molecule has 1 heterocycles. The third-order valence-corrected chi connectivity index (χ3v) is 4.98. The Hall–Kier alpha value is -0.120. The number of epoxide rings is 1. The summed E-state index contributed by atoms with van der Waals surface area (Å²) < 4.78 is 6.06. The zero-order valence-corrected chi connectivity index (χ0v) is 11.5. The van der Waals surface area contributed by atoms with Gasteiger partial charge in [0.2, 0.25) is 0 Å². The van der Waals surface area contributed by atoms with Crippen LogP contribution in [-0.4, -0.2) is 33.6 Å². The molecule has 2 N–H and O–H groups in total. The van der Waals surface area contributed by atoms with Gasteiger partial charge in [-0.3, -0.25) is 0 Å². The molecule has 1 saturated carbocycles. The molecule has 100 valence electrons. The van der Waals surface area contributed by atoms with Crippen molar-refractivity contribution < 1.29 is 14.9 Å². The van der Waals surface area contributed by atoms with Crippen LogP contribution in [0.3, 0.4) is 0 Å². The molecular weight excluding hydrogens is 216 g/mol. The highest BCUT2D eigenvalue weighted by atomic mass is 16.6. The smallest absolute Gasteiger partial charge is 0.103 e. The van der Waals surface area contributed by atoms with E-state index in [1.54, 1.807) is 0 Å². The summed E-state index contributed by atoms with van der Waals surface area (Å²) in [6.45, 7) is 8.47. The molecule has 3 nitrogen and oxygen atoms in total. The first kappa shape index (κ1) is 13.3. The van der Waals surface area contributed by atoms with Crippen molar-refractivity contribution in [3.63, 3.8) is 0 Å². The summed E-state index contributed by atoms with van der Waals surface area (Å²) in [5.74, 6) is 0. The van der Waals surface area contributed by atoms with Crippen molar-refractivity contribution in [2.75, 3.05) is 0 Å². The van der Waals surface area contributed by atoms with E-state index in [4.69, 9.17) is 4.74 Å². The van der Waals surface area contributed by atoms with Crippen LogP contribution in [0, 0.1) is 5.41 Å². The van der Waals surface area contributed by atoms with E-state index in [0.29, 0.717) is 0 Å². The molecule has 2 rings (SSSR count). The average molecular weight is 242 g/mol. The van der Waals surface area contributed by atoms with Crippen molar-refractivity contribution in [3.8, 4) is 0 Å². The Kier molecular flexibility index (Phi) is 3.08. The van der Waals surface area contributed by atoms with Gasteiger partial charge in [-0.1, -0.05) is 20.8 Å². The van der Waals surface area contributed by atoms with E-state index in [0.717, 1.165) is 32.1 Å². The maximum Gasteiger partial charge on any atom is 0.103 e. The first-order valence-corrected chi connectivity index (χ1v) is 6.83. The second kappa shape index (κ2) is 3.94. The minimum Gasteiger partial charge on any atom is -0.393 e. The molecule has 1 saturated heterocycles. The van der Waals surface area contributed by atoms with Crippen LogP contribution < -0.4 is 0 Å². The van der Waals surface area contributed by atoms with Gasteiger partial charge in [-0.15, -0.1) is 0 Å². The van der Waals surface area contributed by atoms with Crippen molar-refractivity contribution in [2.24, 2.45) is 5.41 Å². The fourth-order valence-corrected chi connectivity index (χ4v) is 3.92. The van der Waals surface area contributed by atoms with Crippen LogP contribution in [0.25, 0.3) is 0 Å². The van der Waals surface area contributed by atoms with E-state index in [-0.39, 0.29) is 28.8 Å². The summed E-state index contributed by atoms with van der Waals surface area (Å²) >= 11 is 0. The molecule has 4 unspecified atom stereocenters. The Morgan fingerprint density at radius 1 is 1.29 bits per heavy atom. The van der Waals surface area contributed by atoms with Gasteiger partial charge >= 0.3 is 0 Å². The van der Waals surface area contributed by atoms with E-state index in [9.17, 15) is 10.2 Å². The van der Waals surface area contributed by atoms with Gasteiger partial charge in [0.05, 0.1) is 17.8 Å². The van der Waals surface area contributed by atoms with Gasteiger partial charge in [-0.25, -0.2) is 0 Å². The van der Waals surface area contributed by atoms with E-state index in [1.165, 1.54) is 0 Å². The Labute approximate surface area is 104 Å². The van der Waals surface area contributed by atoms with Crippen LogP contribution >= 0.6 is 0 Å². The van der Waals surface area contributed by atoms with Crippen LogP contribution in [0.1, 0.15) is 59.8 Å². The minimum atomic E-state index is -0.248. The van der Waals surface area contributed by atoms with Crippen LogP contribution in [0.2, 0.25) is 0 Å². The Bertz CT molecular complexity index is 302. The monoisotopic (exact) mass is 242 g/mol. The average Bonchev–Trinajstić information content (AvgIpc) is 2.80. The summed E-state index contributed by atoms with van der Waals surface area (Å²) in [6, 6.07) is 0. The second-order valence-electron chi connectivity index (χ2n) is 6.71. The molecule has 0 radical (unpaired) electrons. The quantitative estimate of drug-likeness (QED) is 0.743. The van der Waals surface area contributed by atoms with Crippen LogP contribution in [0.5, 0.6) is 0 Å². The lowest BCUT2D eigenvalue weighted by atomic mass is 9.61. The number of hydrogen-bond donors (Lipinski definition) is 2. The van der Waals surface area contributed by atoms with Crippen molar-refractivity contribution in [2.45, 2.75) is 83.2 Å². The number of rotatable bonds is 4. The molecule has 3 heteroatoms. The topological polar surface area (TPSA) is 53.0 Å². The van der Waals surface area contributed by atoms with Crippen LogP contribution in [-0.2, 0) is 4.74 Å². The van der Waals surface area contributed by atoms with Gasteiger partial charge in [0.25, 0.3) is 0 Å². The SMILES string of the molecule is CCC(O)CCC12OC1(C)CC(O)CC2(C)C. The van der Waals surface area contributed by atoms with Gasteiger partial charge < -0.3 is 14.9 Å². The zero-order valence-electron chi connectivity index (χ0n) is 11.5. The van der Waals surface area contributed by atoms with Gasteiger partial charge in [0.1, 0.15) is 5.60 Å². The van der Waals surface area contributed by atoms with Gasteiger partial charge in [-0.2, -0.15) is 0 Å². The highest BCUT2D eigenvalue weighted by Gasteiger charge is 2.75. The van der Waals surface area contributed by atoms with Crippen molar-refractivity contribution in [3.05, 3.63) is 0 Å². The Morgan fingerprint density at radius 3 is 2.47 bits per heavy atom. The van der Waals surface area contributed by atoms with E-state index < -0.39 is 0 Å². The normalized spacial score (nSPS) is 45.2. The molecule has 2 aliphatic rings. The highest BCUT2D eigenvalue weighted by Crippen LogP contribution is 2.67. The predicted octanol–water partition coefficient (Wildman–Crippen LogP) is 2.25. The van der Waals surface area contributed by atoms with Gasteiger partial charge in [-0.05, 0) is 38.0 Å². The molecule has 1 aliphatic heterocycles. The largest absolute Gasteiger partial charge is 0.393 e. The fraction of sp³-hybridized carbons (Fsp3) is 1.00.